The molecule has 196 valence electrons. The van der Waals surface area contributed by atoms with Gasteiger partial charge in [-0.25, -0.2) is 8.42 Å². The smallest absolute Gasteiger partial charge is 0.323 e. The number of pyridine rings is 2. The Morgan fingerprint density at radius 3 is 2.51 bits per heavy atom. The van der Waals surface area contributed by atoms with Crippen LogP contribution >= 0.6 is 0 Å². The van der Waals surface area contributed by atoms with Gasteiger partial charge in [-0.15, -0.1) is 0 Å². The van der Waals surface area contributed by atoms with Crippen LogP contribution in [0.3, 0.4) is 0 Å². The van der Waals surface area contributed by atoms with Crippen molar-refractivity contribution in [3.05, 3.63) is 76.7 Å². The predicted octanol–water partition coefficient (Wildman–Crippen LogP) is -0.497. The van der Waals surface area contributed by atoms with Crippen molar-refractivity contribution in [1.82, 2.24) is 14.4 Å². The Morgan fingerprint density at radius 2 is 1.84 bits per heavy atom. The molecule has 0 fully saturated rings. The second-order valence-electron chi connectivity index (χ2n) is 7.78. The van der Waals surface area contributed by atoms with E-state index in [0.717, 1.165) is 6.07 Å². The molecule has 0 saturated heterocycles. The molecule has 0 spiro atoms. The number of carboxylic acids is 1. The van der Waals surface area contributed by atoms with Crippen molar-refractivity contribution >= 4 is 33.4 Å². The number of aliphatic imine (C=N–C) groups is 1. The Labute approximate surface area is 211 Å². The monoisotopic (exact) mass is 530 g/mol. The molecule has 37 heavy (non-hydrogen) atoms. The zero-order valence-electron chi connectivity index (χ0n) is 19.5. The number of rotatable bonds is 12. The molecule has 0 aliphatic heterocycles. The van der Waals surface area contributed by atoms with Gasteiger partial charge in [0.25, 0.3) is 11.5 Å². The Bertz CT molecular complexity index is 1470. The molecule has 3 aromatic rings. The van der Waals surface area contributed by atoms with Crippen LogP contribution in [0.4, 0.5) is 0 Å². The van der Waals surface area contributed by atoms with Gasteiger partial charge in [0.05, 0.1) is 17.0 Å². The summed E-state index contributed by atoms with van der Waals surface area (Å²) >= 11 is 0. The maximum Gasteiger partial charge on any atom is 0.323 e. The molecule has 7 N–H and O–H groups in total. The Hall–Kier alpha value is -4.43. The van der Waals surface area contributed by atoms with Gasteiger partial charge >= 0.3 is 5.97 Å². The first kappa shape index (κ1) is 27.2. The summed E-state index contributed by atoms with van der Waals surface area (Å²) in [7, 11) is -4.14. The second kappa shape index (κ2) is 12.0. The first-order valence-corrected chi connectivity index (χ1v) is 12.5. The fraction of sp³-hybridized carbons (Fsp3) is 0.217. The standard InChI is InChI=1S/C23H26N6O7S/c24-23(25)26-8-4-10-36-17-7-9-29-16(13-17)11-15(12-20(29)30)21(31)27-14-19(22(32)33)28-37(34,35)18-5-2-1-3-6-18/h1-3,5-7,9,11-13,19,28H,4,8,10,14H2,(H,27,31)(H,32,33)(H4,24,25,26)/t19-/m0/s1. The number of hydrogen-bond donors (Lipinski definition) is 5. The molecule has 0 bridgehead atoms. The molecule has 2 aromatic heterocycles. The maximum atomic E-state index is 12.7. The van der Waals surface area contributed by atoms with Crippen LogP contribution in [-0.4, -0.2) is 61.5 Å². The minimum Gasteiger partial charge on any atom is -0.493 e. The molecule has 13 nitrogen and oxygen atoms in total. The quantitative estimate of drug-likeness (QED) is 0.116. The zero-order chi connectivity index (χ0) is 27.0. The third-order valence-corrected chi connectivity index (χ3v) is 6.51. The largest absolute Gasteiger partial charge is 0.493 e. The summed E-state index contributed by atoms with van der Waals surface area (Å²) in [6.07, 6.45) is 2.04. The fourth-order valence-electron chi connectivity index (χ4n) is 3.23. The van der Waals surface area contributed by atoms with E-state index in [0.29, 0.717) is 30.8 Å². The molecule has 0 aliphatic rings. The number of guanidine groups is 1. The van der Waals surface area contributed by atoms with E-state index in [1.807, 2.05) is 0 Å². The highest BCUT2D eigenvalue weighted by Gasteiger charge is 2.26. The van der Waals surface area contributed by atoms with E-state index < -0.39 is 40.0 Å². The number of aliphatic carboxylic acids is 1. The van der Waals surface area contributed by atoms with E-state index in [-0.39, 0.29) is 16.4 Å². The van der Waals surface area contributed by atoms with Crippen LogP contribution in [0.15, 0.2) is 75.5 Å². The first-order valence-electron chi connectivity index (χ1n) is 11.0. The minimum absolute atomic E-state index is 0.0147. The lowest BCUT2D eigenvalue weighted by atomic mass is 10.2. The minimum atomic E-state index is -4.14. The number of ether oxygens (including phenoxy) is 1. The molecule has 0 radical (unpaired) electrons. The Balaban J connectivity index is 1.70. The van der Waals surface area contributed by atoms with Crippen LogP contribution < -0.4 is 31.8 Å². The van der Waals surface area contributed by atoms with Gasteiger partial charge in [0, 0.05) is 43.4 Å². The normalized spacial score (nSPS) is 12.0. The molecule has 3 rings (SSSR count). The van der Waals surface area contributed by atoms with Crippen LogP contribution in [0.5, 0.6) is 5.75 Å². The number of amides is 1. The summed E-state index contributed by atoms with van der Waals surface area (Å²) in [4.78, 5) is 40.5. The lowest BCUT2D eigenvalue weighted by Crippen LogP contribution is -2.48. The Morgan fingerprint density at radius 1 is 1.11 bits per heavy atom. The average molecular weight is 531 g/mol. The molecule has 0 aliphatic carbocycles. The molecule has 0 unspecified atom stereocenters. The lowest BCUT2D eigenvalue weighted by molar-refractivity contribution is -0.138. The highest BCUT2D eigenvalue weighted by Crippen LogP contribution is 2.15. The highest BCUT2D eigenvalue weighted by molar-refractivity contribution is 7.89. The van der Waals surface area contributed by atoms with Crippen LogP contribution in [0.25, 0.3) is 5.52 Å². The van der Waals surface area contributed by atoms with Crippen molar-refractivity contribution in [2.45, 2.75) is 17.4 Å². The molecule has 1 aromatic carbocycles. The number of carbonyl (C=O) groups excluding carboxylic acids is 1. The summed E-state index contributed by atoms with van der Waals surface area (Å²) < 4.78 is 33.9. The second-order valence-corrected chi connectivity index (χ2v) is 9.50. The number of benzene rings is 1. The molecular weight excluding hydrogens is 504 g/mol. The number of aromatic nitrogens is 1. The SMILES string of the molecule is NC(N)=NCCCOc1ccn2c(=O)cc(C(=O)NC[C@H](NS(=O)(=O)c3ccccc3)C(=O)O)cc2c1. The average Bonchev–Trinajstić information content (AvgIpc) is 2.86. The van der Waals surface area contributed by atoms with Crippen molar-refractivity contribution < 1.29 is 27.9 Å². The summed E-state index contributed by atoms with van der Waals surface area (Å²) in [6.45, 7) is 0.143. The van der Waals surface area contributed by atoms with Crippen molar-refractivity contribution in [2.75, 3.05) is 19.7 Å². The molecule has 0 saturated carbocycles. The number of hydrogen-bond acceptors (Lipinski definition) is 7. The van der Waals surface area contributed by atoms with Crippen LogP contribution in [-0.2, 0) is 14.8 Å². The van der Waals surface area contributed by atoms with Crippen molar-refractivity contribution in [3.8, 4) is 5.75 Å². The maximum absolute atomic E-state index is 12.7. The number of nitrogens with zero attached hydrogens (tertiary/aromatic N) is 2. The number of nitrogens with two attached hydrogens (primary N) is 2. The molecule has 2 heterocycles. The summed E-state index contributed by atoms with van der Waals surface area (Å²) in [6, 6.07) is 11.2. The third-order valence-electron chi connectivity index (χ3n) is 5.02. The lowest BCUT2D eigenvalue weighted by Gasteiger charge is -2.16. The van der Waals surface area contributed by atoms with Crippen LogP contribution in [0, 0.1) is 0 Å². The molecule has 14 heteroatoms. The number of carboxylic acid groups (broad SMARTS) is 1. The van der Waals surface area contributed by atoms with Crippen molar-refractivity contribution in [2.24, 2.45) is 16.5 Å². The van der Waals surface area contributed by atoms with Gasteiger partial charge in [0.15, 0.2) is 5.96 Å². The number of sulfonamides is 1. The number of nitrogens with one attached hydrogen (secondary N) is 2. The van der Waals surface area contributed by atoms with E-state index in [9.17, 15) is 27.9 Å². The topological polar surface area (TPSA) is 208 Å². The number of fused-ring (bicyclic) bond motifs is 1. The van der Waals surface area contributed by atoms with E-state index in [2.05, 4.69) is 15.0 Å². The molecule has 1 atom stereocenters. The van der Waals surface area contributed by atoms with E-state index in [1.165, 1.54) is 40.9 Å². The van der Waals surface area contributed by atoms with Gasteiger partial charge in [0.1, 0.15) is 11.8 Å². The van der Waals surface area contributed by atoms with E-state index in [4.69, 9.17) is 16.2 Å². The summed E-state index contributed by atoms with van der Waals surface area (Å²) in [5, 5.41) is 11.8. The van der Waals surface area contributed by atoms with Gasteiger partial charge in [-0.05, 0) is 24.3 Å². The summed E-state index contributed by atoms with van der Waals surface area (Å²) in [5.74, 6) is -1.81. The van der Waals surface area contributed by atoms with Gasteiger partial charge < -0.3 is 26.6 Å². The Kier molecular flexibility index (Phi) is 8.81. The van der Waals surface area contributed by atoms with Crippen LogP contribution in [0.2, 0.25) is 0 Å². The van der Waals surface area contributed by atoms with Crippen molar-refractivity contribution in [3.63, 3.8) is 0 Å². The molecular formula is C23H26N6O7S. The van der Waals surface area contributed by atoms with Gasteiger partial charge in [-0.1, -0.05) is 18.2 Å². The van der Waals surface area contributed by atoms with Gasteiger partial charge in [-0.2, -0.15) is 4.72 Å². The zero-order valence-corrected chi connectivity index (χ0v) is 20.3. The van der Waals surface area contributed by atoms with Crippen molar-refractivity contribution in [1.29, 1.82) is 0 Å². The molecule has 1 amide bonds. The van der Waals surface area contributed by atoms with E-state index >= 15 is 0 Å². The van der Waals surface area contributed by atoms with Crippen LogP contribution in [0.1, 0.15) is 16.8 Å². The van der Waals surface area contributed by atoms with Gasteiger partial charge in [0.2, 0.25) is 10.0 Å². The first-order chi connectivity index (χ1) is 17.6. The fourth-order valence-corrected chi connectivity index (χ4v) is 4.44. The summed E-state index contributed by atoms with van der Waals surface area (Å²) in [5.41, 5.74) is 10.4. The number of carbonyl (C=O) groups is 2. The highest BCUT2D eigenvalue weighted by atomic mass is 32.2. The predicted molar refractivity (Wildman–Crippen MR) is 135 cm³/mol. The third kappa shape index (κ3) is 7.52. The van der Waals surface area contributed by atoms with E-state index in [1.54, 1.807) is 18.2 Å². The van der Waals surface area contributed by atoms with Gasteiger partial charge in [-0.3, -0.25) is 23.8 Å².